The van der Waals surface area contributed by atoms with Gasteiger partial charge in [-0.3, -0.25) is 0 Å². The van der Waals surface area contributed by atoms with E-state index in [1.807, 2.05) is 12.1 Å². The van der Waals surface area contributed by atoms with Crippen LogP contribution in [0, 0.1) is 5.92 Å². The van der Waals surface area contributed by atoms with Crippen molar-refractivity contribution in [3.8, 4) is 0 Å². The number of hydrogen-bond donors (Lipinski definition) is 0. The van der Waals surface area contributed by atoms with E-state index in [4.69, 9.17) is 0 Å². The van der Waals surface area contributed by atoms with Crippen LogP contribution in [0.1, 0.15) is 50.7 Å². The molecule has 1 aromatic carbocycles. The molecule has 0 aliphatic rings. The monoisotopic (exact) mass is 212 g/mol. The van der Waals surface area contributed by atoms with Crippen molar-refractivity contribution < 1.29 is 8.78 Å². The van der Waals surface area contributed by atoms with Gasteiger partial charge in [-0.2, -0.15) is 0 Å². The van der Waals surface area contributed by atoms with Crippen molar-refractivity contribution in [2.45, 2.75) is 39.5 Å². The van der Waals surface area contributed by atoms with Crippen LogP contribution in [-0.2, 0) is 0 Å². The Morgan fingerprint density at radius 2 is 1.47 bits per heavy atom. The third-order valence-corrected chi connectivity index (χ3v) is 2.86. The molecule has 0 fully saturated rings. The van der Waals surface area contributed by atoms with E-state index in [1.54, 1.807) is 0 Å². The lowest BCUT2D eigenvalue weighted by Crippen LogP contribution is -2.05. The first-order valence-corrected chi connectivity index (χ1v) is 5.44. The molecule has 0 spiro atoms. The minimum absolute atomic E-state index is 0.109. The number of benzene rings is 1. The van der Waals surface area contributed by atoms with E-state index in [2.05, 4.69) is 20.8 Å². The Hall–Kier alpha value is -0.920. The lowest BCUT2D eigenvalue weighted by Gasteiger charge is -2.19. The molecule has 0 amide bonds. The van der Waals surface area contributed by atoms with Crippen molar-refractivity contribution in [3.05, 3.63) is 35.4 Å². The molecule has 0 heterocycles. The van der Waals surface area contributed by atoms with Gasteiger partial charge in [0.05, 0.1) is 0 Å². The molecule has 15 heavy (non-hydrogen) atoms. The van der Waals surface area contributed by atoms with Gasteiger partial charge in [0.1, 0.15) is 0 Å². The van der Waals surface area contributed by atoms with Gasteiger partial charge in [0.25, 0.3) is 6.43 Å². The zero-order chi connectivity index (χ0) is 11.4. The van der Waals surface area contributed by atoms with Gasteiger partial charge in [0, 0.05) is 5.56 Å². The SMILES string of the molecule is CC[C@H](c1ccc(C(F)F)cc1)C(C)C. The van der Waals surface area contributed by atoms with Crippen molar-refractivity contribution in [2.75, 3.05) is 0 Å². The third-order valence-electron chi connectivity index (χ3n) is 2.86. The highest BCUT2D eigenvalue weighted by atomic mass is 19.3. The lowest BCUT2D eigenvalue weighted by molar-refractivity contribution is 0.151. The molecule has 84 valence electrons. The van der Waals surface area contributed by atoms with Gasteiger partial charge in [0.15, 0.2) is 0 Å². The highest BCUT2D eigenvalue weighted by Crippen LogP contribution is 2.29. The van der Waals surface area contributed by atoms with Crippen LogP contribution in [0.4, 0.5) is 8.78 Å². The Kier molecular flexibility index (Phi) is 4.25. The summed E-state index contributed by atoms with van der Waals surface area (Å²) < 4.78 is 24.7. The summed E-state index contributed by atoms with van der Waals surface area (Å²) in [6.07, 6.45) is -1.32. The van der Waals surface area contributed by atoms with Crippen LogP contribution in [0.3, 0.4) is 0 Å². The Labute approximate surface area is 90.3 Å². The molecule has 1 atom stereocenters. The van der Waals surface area contributed by atoms with Crippen LogP contribution in [-0.4, -0.2) is 0 Å². The van der Waals surface area contributed by atoms with Crippen molar-refractivity contribution in [2.24, 2.45) is 5.92 Å². The highest BCUT2D eigenvalue weighted by molar-refractivity contribution is 5.26. The first-order chi connectivity index (χ1) is 7.06. The van der Waals surface area contributed by atoms with E-state index in [-0.39, 0.29) is 5.56 Å². The Balaban J connectivity index is 2.87. The normalized spacial score (nSPS) is 13.5. The van der Waals surface area contributed by atoms with E-state index in [9.17, 15) is 8.78 Å². The molecular weight excluding hydrogens is 194 g/mol. The minimum Gasteiger partial charge on any atom is -0.205 e. The van der Waals surface area contributed by atoms with E-state index >= 15 is 0 Å². The fourth-order valence-electron chi connectivity index (χ4n) is 1.98. The molecule has 0 aromatic heterocycles. The summed E-state index contributed by atoms with van der Waals surface area (Å²) in [7, 11) is 0. The molecule has 0 aliphatic carbocycles. The van der Waals surface area contributed by atoms with Gasteiger partial charge in [0.2, 0.25) is 0 Å². The fraction of sp³-hybridized carbons (Fsp3) is 0.538. The summed E-state index contributed by atoms with van der Waals surface area (Å²) in [5, 5.41) is 0. The van der Waals surface area contributed by atoms with Gasteiger partial charge in [-0.15, -0.1) is 0 Å². The van der Waals surface area contributed by atoms with Gasteiger partial charge >= 0.3 is 0 Å². The number of alkyl halides is 2. The average Bonchev–Trinajstić information content (AvgIpc) is 2.19. The molecule has 0 bridgehead atoms. The smallest absolute Gasteiger partial charge is 0.205 e. The van der Waals surface area contributed by atoms with Gasteiger partial charge in [-0.25, -0.2) is 8.78 Å². The number of rotatable bonds is 4. The maximum Gasteiger partial charge on any atom is 0.263 e. The van der Waals surface area contributed by atoms with Gasteiger partial charge < -0.3 is 0 Å². The molecule has 1 aromatic rings. The van der Waals surface area contributed by atoms with Crippen molar-refractivity contribution >= 4 is 0 Å². The van der Waals surface area contributed by atoms with E-state index in [0.29, 0.717) is 11.8 Å². The molecule has 0 saturated carbocycles. The van der Waals surface area contributed by atoms with Crippen molar-refractivity contribution in [1.29, 1.82) is 0 Å². The highest BCUT2D eigenvalue weighted by Gasteiger charge is 2.14. The zero-order valence-electron chi connectivity index (χ0n) is 9.50. The third kappa shape index (κ3) is 3.01. The largest absolute Gasteiger partial charge is 0.263 e. The van der Waals surface area contributed by atoms with Gasteiger partial charge in [-0.1, -0.05) is 45.0 Å². The predicted octanol–water partition coefficient (Wildman–Crippen LogP) is 4.77. The summed E-state index contributed by atoms with van der Waals surface area (Å²) in [4.78, 5) is 0. The second-order valence-electron chi connectivity index (χ2n) is 4.23. The molecule has 0 radical (unpaired) electrons. The molecule has 0 saturated heterocycles. The maximum atomic E-state index is 12.3. The second kappa shape index (κ2) is 5.24. The Bertz CT molecular complexity index is 288. The van der Waals surface area contributed by atoms with E-state index < -0.39 is 6.43 Å². The predicted molar refractivity (Wildman–Crippen MR) is 59.3 cm³/mol. The zero-order valence-corrected chi connectivity index (χ0v) is 9.50. The first kappa shape index (κ1) is 12.2. The molecule has 0 N–H and O–H groups in total. The molecule has 0 aliphatic heterocycles. The average molecular weight is 212 g/mol. The van der Waals surface area contributed by atoms with Crippen molar-refractivity contribution in [1.82, 2.24) is 0 Å². The second-order valence-corrected chi connectivity index (χ2v) is 4.23. The summed E-state index contributed by atoms with van der Waals surface area (Å²) in [5.74, 6) is 1.02. The number of hydrogen-bond acceptors (Lipinski definition) is 0. The Morgan fingerprint density at radius 3 is 1.80 bits per heavy atom. The Morgan fingerprint density at radius 1 is 1.00 bits per heavy atom. The van der Waals surface area contributed by atoms with Crippen LogP contribution in [0.5, 0.6) is 0 Å². The first-order valence-electron chi connectivity index (χ1n) is 5.44. The van der Waals surface area contributed by atoms with Crippen LogP contribution >= 0.6 is 0 Å². The summed E-state index contributed by atoms with van der Waals surface area (Å²) in [6, 6.07) is 6.72. The minimum atomic E-state index is -2.36. The van der Waals surface area contributed by atoms with Gasteiger partial charge in [-0.05, 0) is 23.8 Å². The molecule has 1 rings (SSSR count). The van der Waals surface area contributed by atoms with Crippen LogP contribution < -0.4 is 0 Å². The topological polar surface area (TPSA) is 0 Å². The fourth-order valence-corrected chi connectivity index (χ4v) is 1.98. The summed E-state index contributed by atoms with van der Waals surface area (Å²) in [5.41, 5.74) is 1.27. The summed E-state index contributed by atoms with van der Waals surface area (Å²) in [6.45, 7) is 6.45. The molecule has 0 nitrogen and oxygen atoms in total. The molecular formula is C13H18F2. The number of halogens is 2. The standard InChI is InChI=1S/C13H18F2/c1-4-12(9(2)3)10-5-7-11(8-6-10)13(14)15/h5-9,12-13H,4H2,1-3H3/t12-/m0/s1. The van der Waals surface area contributed by atoms with Crippen LogP contribution in [0.2, 0.25) is 0 Å². The molecule has 2 heteroatoms. The van der Waals surface area contributed by atoms with Crippen LogP contribution in [0.25, 0.3) is 0 Å². The van der Waals surface area contributed by atoms with E-state index in [1.165, 1.54) is 12.1 Å². The van der Waals surface area contributed by atoms with Crippen molar-refractivity contribution in [3.63, 3.8) is 0 Å². The summed E-state index contributed by atoms with van der Waals surface area (Å²) >= 11 is 0. The van der Waals surface area contributed by atoms with Crippen LogP contribution in [0.15, 0.2) is 24.3 Å². The van der Waals surface area contributed by atoms with E-state index in [0.717, 1.165) is 12.0 Å². The maximum absolute atomic E-state index is 12.3. The quantitative estimate of drug-likeness (QED) is 0.674. The molecule has 0 unspecified atom stereocenters. The lowest BCUT2D eigenvalue weighted by atomic mass is 9.86.